The predicted octanol–water partition coefficient (Wildman–Crippen LogP) is 1.37. The van der Waals surface area contributed by atoms with Crippen LogP contribution >= 0.6 is 0 Å². The summed E-state index contributed by atoms with van der Waals surface area (Å²) in [5.74, 6) is 1.00. The molecule has 1 unspecified atom stereocenters. The van der Waals surface area contributed by atoms with Crippen molar-refractivity contribution < 1.29 is 4.74 Å². The molecule has 0 aliphatic carbocycles. The standard InChI is InChI=1S/C11H17N3O/c1-12-11(9-6-7-14(2)13-9)10-5-3-4-8-15-10/h5-7,11-12H,3-4,8H2,1-2H3. The molecule has 2 rings (SSSR count). The molecule has 4 heteroatoms. The largest absolute Gasteiger partial charge is 0.496 e. The Morgan fingerprint density at radius 3 is 3.00 bits per heavy atom. The zero-order valence-electron chi connectivity index (χ0n) is 9.23. The van der Waals surface area contributed by atoms with Gasteiger partial charge in [0.15, 0.2) is 0 Å². The molecule has 1 aromatic heterocycles. The Bertz CT molecular complexity index is 356. The summed E-state index contributed by atoms with van der Waals surface area (Å²) in [4.78, 5) is 0. The van der Waals surface area contributed by atoms with Crippen LogP contribution in [0.1, 0.15) is 24.6 Å². The van der Waals surface area contributed by atoms with Gasteiger partial charge in [-0.2, -0.15) is 5.10 Å². The SMILES string of the molecule is CNC(C1=CCCCO1)c1ccn(C)n1. The molecule has 0 spiro atoms. The van der Waals surface area contributed by atoms with Crippen LogP contribution in [0.5, 0.6) is 0 Å². The lowest BCUT2D eigenvalue weighted by molar-refractivity contribution is 0.168. The van der Waals surface area contributed by atoms with Gasteiger partial charge in [0.1, 0.15) is 11.8 Å². The second kappa shape index (κ2) is 4.49. The van der Waals surface area contributed by atoms with E-state index in [4.69, 9.17) is 4.74 Å². The van der Waals surface area contributed by atoms with Crippen molar-refractivity contribution in [3.05, 3.63) is 29.8 Å². The Kier molecular flexibility index (Phi) is 3.06. The van der Waals surface area contributed by atoms with Gasteiger partial charge in [-0.1, -0.05) is 0 Å². The van der Waals surface area contributed by atoms with E-state index in [2.05, 4.69) is 16.5 Å². The number of nitrogens with zero attached hydrogens (tertiary/aromatic N) is 2. The highest BCUT2D eigenvalue weighted by atomic mass is 16.5. The zero-order valence-corrected chi connectivity index (χ0v) is 9.23. The van der Waals surface area contributed by atoms with Crippen molar-refractivity contribution in [2.24, 2.45) is 7.05 Å². The number of hydrogen-bond donors (Lipinski definition) is 1. The molecular weight excluding hydrogens is 190 g/mol. The van der Waals surface area contributed by atoms with E-state index in [1.807, 2.05) is 31.0 Å². The predicted molar refractivity (Wildman–Crippen MR) is 58.3 cm³/mol. The van der Waals surface area contributed by atoms with Gasteiger partial charge in [0.05, 0.1) is 12.3 Å². The number of hydrogen-bond acceptors (Lipinski definition) is 3. The minimum Gasteiger partial charge on any atom is -0.496 e. The lowest BCUT2D eigenvalue weighted by Crippen LogP contribution is -2.22. The number of nitrogens with one attached hydrogen (secondary N) is 1. The van der Waals surface area contributed by atoms with Gasteiger partial charge in [0.2, 0.25) is 0 Å². The number of likely N-dealkylation sites (N-methyl/N-ethyl adjacent to an activating group) is 1. The Hall–Kier alpha value is -1.29. The minimum absolute atomic E-state index is 0.0894. The normalized spacial score (nSPS) is 18.1. The van der Waals surface area contributed by atoms with E-state index in [1.54, 1.807) is 0 Å². The van der Waals surface area contributed by atoms with Crippen LogP contribution in [0, 0.1) is 0 Å². The summed E-state index contributed by atoms with van der Waals surface area (Å²) in [5.41, 5.74) is 1.01. The highest BCUT2D eigenvalue weighted by molar-refractivity contribution is 5.18. The van der Waals surface area contributed by atoms with Crippen molar-refractivity contribution in [3.63, 3.8) is 0 Å². The molecule has 0 saturated heterocycles. The first kappa shape index (κ1) is 10.2. The Morgan fingerprint density at radius 1 is 1.60 bits per heavy atom. The molecule has 4 nitrogen and oxygen atoms in total. The zero-order chi connectivity index (χ0) is 10.7. The minimum atomic E-state index is 0.0894. The van der Waals surface area contributed by atoms with E-state index >= 15 is 0 Å². The third-order valence-corrected chi connectivity index (χ3v) is 2.57. The molecule has 1 N–H and O–H groups in total. The van der Waals surface area contributed by atoms with Gasteiger partial charge in [-0.15, -0.1) is 0 Å². The molecule has 2 heterocycles. The van der Waals surface area contributed by atoms with Crippen LogP contribution in [0.25, 0.3) is 0 Å². The fourth-order valence-corrected chi connectivity index (χ4v) is 1.80. The van der Waals surface area contributed by atoms with Crippen molar-refractivity contribution in [1.82, 2.24) is 15.1 Å². The first-order valence-corrected chi connectivity index (χ1v) is 5.31. The molecule has 1 aliphatic heterocycles. The Labute approximate surface area is 89.9 Å². The van der Waals surface area contributed by atoms with E-state index < -0.39 is 0 Å². The highest BCUT2D eigenvalue weighted by Gasteiger charge is 2.19. The van der Waals surface area contributed by atoms with Crippen molar-refractivity contribution in [2.75, 3.05) is 13.7 Å². The molecule has 82 valence electrons. The van der Waals surface area contributed by atoms with E-state index in [0.717, 1.165) is 30.9 Å². The molecule has 0 bridgehead atoms. The molecule has 0 radical (unpaired) electrons. The summed E-state index contributed by atoms with van der Waals surface area (Å²) in [6.07, 6.45) is 6.31. The van der Waals surface area contributed by atoms with Crippen LogP contribution in [0.2, 0.25) is 0 Å². The van der Waals surface area contributed by atoms with Crippen molar-refractivity contribution >= 4 is 0 Å². The van der Waals surface area contributed by atoms with Gasteiger partial charge in [0.25, 0.3) is 0 Å². The maximum absolute atomic E-state index is 5.64. The third kappa shape index (κ3) is 2.21. The van der Waals surface area contributed by atoms with Gasteiger partial charge in [0, 0.05) is 13.2 Å². The summed E-state index contributed by atoms with van der Waals surface area (Å²) in [6.45, 7) is 0.816. The average molecular weight is 207 g/mol. The quantitative estimate of drug-likeness (QED) is 0.813. The van der Waals surface area contributed by atoms with E-state index in [1.165, 1.54) is 0 Å². The summed E-state index contributed by atoms with van der Waals surface area (Å²) < 4.78 is 7.45. The van der Waals surface area contributed by atoms with Gasteiger partial charge in [-0.3, -0.25) is 4.68 Å². The molecule has 15 heavy (non-hydrogen) atoms. The maximum atomic E-state index is 5.64. The molecule has 1 aliphatic rings. The number of aromatic nitrogens is 2. The fraction of sp³-hybridized carbons (Fsp3) is 0.545. The van der Waals surface area contributed by atoms with E-state index in [9.17, 15) is 0 Å². The van der Waals surface area contributed by atoms with Crippen molar-refractivity contribution in [1.29, 1.82) is 0 Å². The topological polar surface area (TPSA) is 39.1 Å². The summed E-state index contributed by atoms with van der Waals surface area (Å²) in [5, 5.41) is 7.62. The third-order valence-electron chi connectivity index (χ3n) is 2.57. The highest BCUT2D eigenvalue weighted by Crippen LogP contribution is 2.24. The van der Waals surface area contributed by atoms with E-state index in [-0.39, 0.29) is 6.04 Å². The molecule has 0 amide bonds. The van der Waals surface area contributed by atoms with Crippen LogP contribution in [-0.4, -0.2) is 23.4 Å². The van der Waals surface area contributed by atoms with Gasteiger partial charge in [-0.25, -0.2) is 0 Å². The van der Waals surface area contributed by atoms with Gasteiger partial charge >= 0.3 is 0 Å². The van der Waals surface area contributed by atoms with Crippen LogP contribution in [0.4, 0.5) is 0 Å². The molecule has 0 saturated carbocycles. The molecule has 1 aromatic rings. The number of ether oxygens (including phenoxy) is 1. The molecular formula is C11H17N3O. The van der Waals surface area contributed by atoms with Crippen molar-refractivity contribution in [2.45, 2.75) is 18.9 Å². The van der Waals surface area contributed by atoms with Crippen LogP contribution < -0.4 is 5.32 Å². The van der Waals surface area contributed by atoms with Crippen molar-refractivity contribution in [3.8, 4) is 0 Å². The van der Waals surface area contributed by atoms with Crippen LogP contribution in [0.15, 0.2) is 24.1 Å². The fourth-order valence-electron chi connectivity index (χ4n) is 1.80. The molecule has 0 fully saturated rings. The lowest BCUT2D eigenvalue weighted by atomic mass is 10.1. The van der Waals surface area contributed by atoms with Gasteiger partial charge in [-0.05, 0) is 32.0 Å². The van der Waals surface area contributed by atoms with E-state index in [0.29, 0.717) is 0 Å². The van der Waals surface area contributed by atoms with Gasteiger partial charge < -0.3 is 10.1 Å². The molecule has 1 atom stereocenters. The second-order valence-corrected chi connectivity index (χ2v) is 3.73. The first-order valence-electron chi connectivity index (χ1n) is 5.31. The average Bonchev–Trinajstić information content (AvgIpc) is 2.68. The smallest absolute Gasteiger partial charge is 0.115 e. The van der Waals surface area contributed by atoms with Crippen LogP contribution in [0.3, 0.4) is 0 Å². The summed E-state index contributed by atoms with van der Waals surface area (Å²) in [6, 6.07) is 2.10. The maximum Gasteiger partial charge on any atom is 0.115 e. The Balaban J connectivity index is 2.19. The monoisotopic (exact) mass is 207 g/mol. The summed E-state index contributed by atoms with van der Waals surface area (Å²) >= 11 is 0. The van der Waals surface area contributed by atoms with Crippen LogP contribution in [-0.2, 0) is 11.8 Å². The first-order chi connectivity index (χ1) is 7.31. The molecule has 0 aromatic carbocycles. The Morgan fingerprint density at radius 2 is 2.47 bits per heavy atom. The lowest BCUT2D eigenvalue weighted by Gasteiger charge is -2.21. The number of allylic oxidation sites excluding steroid dienone is 1. The number of rotatable bonds is 3. The number of aryl methyl sites for hydroxylation is 1. The second-order valence-electron chi connectivity index (χ2n) is 3.73. The summed E-state index contributed by atoms with van der Waals surface area (Å²) in [7, 11) is 3.85.